The molecule has 1 aromatic rings. The zero-order valence-corrected chi connectivity index (χ0v) is 12.5. The van der Waals surface area contributed by atoms with Gasteiger partial charge in [-0.05, 0) is 25.0 Å². The predicted molar refractivity (Wildman–Crippen MR) is 77.3 cm³/mol. The number of hydrogen-bond acceptors (Lipinski definition) is 3. The molecule has 0 amide bonds. The SMILES string of the molecule is CCCC(C)(CC(=O)C(=O)O)c1ccc(C)cc1OC. The summed E-state index contributed by atoms with van der Waals surface area (Å²) in [7, 11) is 1.59. The Kier molecular flexibility index (Phi) is 5.31. The summed E-state index contributed by atoms with van der Waals surface area (Å²) in [6.07, 6.45) is 1.57. The number of Topliss-reactive ketones (excluding diaryl/α,β-unsaturated/α-hetero) is 1. The second kappa shape index (κ2) is 6.55. The van der Waals surface area contributed by atoms with Crippen LogP contribution in [0.3, 0.4) is 0 Å². The van der Waals surface area contributed by atoms with Crippen molar-refractivity contribution < 1.29 is 19.4 Å². The highest BCUT2D eigenvalue weighted by atomic mass is 16.5. The van der Waals surface area contributed by atoms with E-state index in [1.807, 2.05) is 39.0 Å². The van der Waals surface area contributed by atoms with Crippen LogP contribution in [0, 0.1) is 6.92 Å². The Morgan fingerprint density at radius 3 is 2.50 bits per heavy atom. The number of carboxylic acids is 1. The Morgan fingerprint density at radius 1 is 1.35 bits per heavy atom. The number of ketones is 1. The largest absolute Gasteiger partial charge is 0.496 e. The van der Waals surface area contributed by atoms with Gasteiger partial charge in [0.15, 0.2) is 0 Å². The van der Waals surface area contributed by atoms with Crippen molar-refractivity contribution in [2.24, 2.45) is 0 Å². The van der Waals surface area contributed by atoms with Crippen LogP contribution in [0.2, 0.25) is 0 Å². The Bertz CT molecular complexity index is 507. The van der Waals surface area contributed by atoms with Crippen LogP contribution in [0.1, 0.15) is 44.2 Å². The highest BCUT2D eigenvalue weighted by molar-refractivity contribution is 6.32. The third-order valence-corrected chi connectivity index (χ3v) is 3.60. The summed E-state index contributed by atoms with van der Waals surface area (Å²) in [6.45, 7) is 5.90. The molecule has 0 aliphatic carbocycles. The lowest BCUT2D eigenvalue weighted by atomic mass is 9.74. The van der Waals surface area contributed by atoms with Crippen molar-refractivity contribution in [1.29, 1.82) is 0 Å². The van der Waals surface area contributed by atoms with Gasteiger partial charge in [0, 0.05) is 17.4 Å². The van der Waals surface area contributed by atoms with E-state index in [-0.39, 0.29) is 6.42 Å². The second-order valence-corrected chi connectivity index (χ2v) is 5.42. The Morgan fingerprint density at radius 2 is 2.00 bits per heavy atom. The fourth-order valence-corrected chi connectivity index (χ4v) is 2.60. The number of hydrogen-bond donors (Lipinski definition) is 1. The highest BCUT2D eigenvalue weighted by Crippen LogP contribution is 2.39. The molecule has 110 valence electrons. The molecule has 0 spiro atoms. The van der Waals surface area contributed by atoms with Crippen LogP contribution >= 0.6 is 0 Å². The summed E-state index contributed by atoms with van der Waals surface area (Å²) in [4.78, 5) is 22.5. The van der Waals surface area contributed by atoms with Crippen LogP contribution in [0.15, 0.2) is 18.2 Å². The van der Waals surface area contributed by atoms with Gasteiger partial charge in [-0.3, -0.25) is 4.79 Å². The monoisotopic (exact) mass is 278 g/mol. The molecule has 1 rings (SSSR count). The number of aliphatic carboxylic acids is 1. The average molecular weight is 278 g/mol. The van der Waals surface area contributed by atoms with E-state index >= 15 is 0 Å². The molecule has 0 radical (unpaired) electrons. The first-order valence-electron chi connectivity index (χ1n) is 6.75. The van der Waals surface area contributed by atoms with Crippen molar-refractivity contribution in [2.75, 3.05) is 7.11 Å². The third-order valence-electron chi connectivity index (χ3n) is 3.60. The standard InChI is InChI=1S/C16H22O4/c1-5-8-16(3,10-13(17)15(18)19)12-7-6-11(2)9-14(12)20-4/h6-7,9H,5,8,10H2,1-4H3,(H,18,19). The zero-order valence-electron chi connectivity index (χ0n) is 12.5. The summed E-state index contributed by atoms with van der Waals surface area (Å²) in [5.41, 5.74) is 1.43. The van der Waals surface area contributed by atoms with Crippen molar-refractivity contribution in [2.45, 2.75) is 45.4 Å². The fourth-order valence-electron chi connectivity index (χ4n) is 2.60. The average Bonchev–Trinajstić information content (AvgIpc) is 2.38. The van der Waals surface area contributed by atoms with Crippen LogP contribution < -0.4 is 4.74 Å². The Balaban J connectivity index is 3.24. The number of carboxylic acid groups (broad SMARTS) is 1. The van der Waals surface area contributed by atoms with Crippen LogP contribution in [0.4, 0.5) is 0 Å². The number of aryl methyl sites for hydroxylation is 1. The van der Waals surface area contributed by atoms with E-state index in [1.165, 1.54) is 0 Å². The number of carbonyl (C=O) groups excluding carboxylic acids is 1. The molecule has 20 heavy (non-hydrogen) atoms. The van der Waals surface area contributed by atoms with Gasteiger partial charge in [0.1, 0.15) is 5.75 Å². The molecule has 1 aromatic carbocycles. The fraction of sp³-hybridized carbons (Fsp3) is 0.500. The lowest BCUT2D eigenvalue weighted by Crippen LogP contribution is -2.29. The molecule has 1 N–H and O–H groups in total. The number of rotatable bonds is 7. The first kappa shape index (κ1) is 16.2. The molecule has 0 aliphatic heterocycles. The van der Waals surface area contributed by atoms with Gasteiger partial charge in [0.2, 0.25) is 5.78 Å². The normalized spacial score (nSPS) is 13.6. The van der Waals surface area contributed by atoms with Gasteiger partial charge in [-0.25, -0.2) is 4.79 Å². The van der Waals surface area contributed by atoms with Gasteiger partial charge in [-0.1, -0.05) is 32.4 Å². The number of methoxy groups -OCH3 is 1. The maximum absolute atomic E-state index is 11.6. The summed E-state index contributed by atoms with van der Waals surface area (Å²) in [6, 6.07) is 5.80. The molecular weight excluding hydrogens is 256 g/mol. The van der Waals surface area contributed by atoms with Crippen molar-refractivity contribution in [3.63, 3.8) is 0 Å². The molecular formula is C16H22O4. The van der Waals surface area contributed by atoms with Crippen molar-refractivity contribution in [3.05, 3.63) is 29.3 Å². The summed E-state index contributed by atoms with van der Waals surface area (Å²) in [5, 5.41) is 8.85. The molecule has 0 aromatic heterocycles. The summed E-state index contributed by atoms with van der Waals surface area (Å²) >= 11 is 0. The lowest BCUT2D eigenvalue weighted by Gasteiger charge is -2.30. The van der Waals surface area contributed by atoms with E-state index in [0.29, 0.717) is 5.75 Å². The second-order valence-electron chi connectivity index (χ2n) is 5.42. The molecule has 0 fully saturated rings. The van der Waals surface area contributed by atoms with E-state index < -0.39 is 17.2 Å². The van der Waals surface area contributed by atoms with Gasteiger partial charge in [-0.2, -0.15) is 0 Å². The lowest BCUT2D eigenvalue weighted by molar-refractivity contribution is -0.149. The summed E-state index contributed by atoms with van der Waals surface area (Å²) in [5.74, 6) is -1.43. The van der Waals surface area contributed by atoms with Gasteiger partial charge < -0.3 is 9.84 Å². The van der Waals surface area contributed by atoms with Crippen LogP contribution in [0.25, 0.3) is 0 Å². The Hall–Kier alpha value is -1.84. The first-order valence-corrected chi connectivity index (χ1v) is 6.75. The topological polar surface area (TPSA) is 63.6 Å². The molecule has 0 saturated carbocycles. The number of ether oxygens (including phenoxy) is 1. The molecule has 4 heteroatoms. The van der Waals surface area contributed by atoms with Crippen LogP contribution in [-0.2, 0) is 15.0 Å². The summed E-state index contributed by atoms with van der Waals surface area (Å²) < 4.78 is 5.40. The molecule has 0 saturated heterocycles. The quantitative estimate of drug-likeness (QED) is 0.778. The number of carbonyl (C=O) groups is 2. The van der Waals surface area contributed by atoms with Crippen molar-refractivity contribution in [1.82, 2.24) is 0 Å². The third kappa shape index (κ3) is 3.59. The van der Waals surface area contributed by atoms with Gasteiger partial charge in [0.25, 0.3) is 0 Å². The number of benzene rings is 1. The van der Waals surface area contributed by atoms with E-state index in [0.717, 1.165) is 24.0 Å². The first-order chi connectivity index (χ1) is 9.34. The van der Waals surface area contributed by atoms with Crippen LogP contribution in [-0.4, -0.2) is 24.0 Å². The van der Waals surface area contributed by atoms with E-state index in [2.05, 4.69) is 0 Å². The van der Waals surface area contributed by atoms with E-state index in [4.69, 9.17) is 9.84 Å². The van der Waals surface area contributed by atoms with E-state index in [9.17, 15) is 9.59 Å². The maximum Gasteiger partial charge on any atom is 0.372 e. The van der Waals surface area contributed by atoms with Crippen molar-refractivity contribution >= 4 is 11.8 Å². The van der Waals surface area contributed by atoms with Crippen molar-refractivity contribution in [3.8, 4) is 5.75 Å². The molecule has 4 nitrogen and oxygen atoms in total. The highest BCUT2D eigenvalue weighted by Gasteiger charge is 2.33. The minimum atomic E-state index is -1.38. The smallest absolute Gasteiger partial charge is 0.372 e. The molecule has 0 aliphatic rings. The predicted octanol–water partition coefficient (Wildman–Crippen LogP) is 3.11. The zero-order chi connectivity index (χ0) is 15.3. The maximum atomic E-state index is 11.6. The minimum Gasteiger partial charge on any atom is -0.496 e. The minimum absolute atomic E-state index is 0.0183. The molecule has 0 bridgehead atoms. The Labute approximate surface area is 119 Å². The van der Waals surface area contributed by atoms with Crippen LogP contribution in [0.5, 0.6) is 5.75 Å². The van der Waals surface area contributed by atoms with Gasteiger partial charge in [-0.15, -0.1) is 0 Å². The molecule has 1 unspecified atom stereocenters. The molecule has 1 atom stereocenters. The van der Waals surface area contributed by atoms with Gasteiger partial charge >= 0.3 is 5.97 Å². The van der Waals surface area contributed by atoms with E-state index in [1.54, 1.807) is 7.11 Å². The molecule has 0 heterocycles. The van der Waals surface area contributed by atoms with Gasteiger partial charge in [0.05, 0.1) is 7.11 Å².